The second kappa shape index (κ2) is 4.95. The number of hydrogen-bond donors (Lipinski definition) is 1. The van der Waals surface area contributed by atoms with Gasteiger partial charge in [-0.1, -0.05) is 12.2 Å². The molecule has 0 saturated heterocycles. The molecule has 0 fully saturated rings. The summed E-state index contributed by atoms with van der Waals surface area (Å²) in [5, 5.41) is 2.99. The zero-order valence-corrected chi connectivity index (χ0v) is 10.2. The largest absolute Gasteiger partial charge is 0.376 e. The average Bonchev–Trinajstić information content (AvgIpc) is 2.27. The van der Waals surface area contributed by atoms with Gasteiger partial charge in [0.05, 0.1) is 10.2 Å². The van der Waals surface area contributed by atoms with Crippen molar-refractivity contribution in [2.45, 2.75) is 25.3 Å². The Balaban J connectivity index is 2.17. The Hall–Kier alpha value is -0.900. The van der Waals surface area contributed by atoms with E-state index in [2.05, 4.69) is 27.3 Å². The number of allylic oxidation sites excluding steroid dienone is 1. The van der Waals surface area contributed by atoms with Crippen molar-refractivity contribution < 1.29 is 8.78 Å². The highest BCUT2D eigenvalue weighted by Crippen LogP contribution is 2.25. The summed E-state index contributed by atoms with van der Waals surface area (Å²) in [5.41, 5.74) is 0.220. The van der Waals surface area contributed by atoms with Crippen LogP contribution in [-0.4, -0.2) is 6.04 Å². The molecule has 1 aliphatic carbocycles. The molecule has 0 radical (unpaired) electrons. The lowest BCUT2D eigenvalue weighted by Gasteiger charge is -2.19. The van der Waals surface area contributed by atoms with Crippen molar-refractivity contribution >= 4 is 21.6 Å². The molecule has 1 N–H and O–H groups in total. The Morgan fingerprint density at radius 1 is 1.25 bits per heavy atom. The number of anilines is 1. The standard InChI is InChI=1S/C12H12BrF2N/c13-9-6-11(15)12(7-10(9)14)16-8-4-2-1-3-5-8/h2,4,6-8,16H,1,3,5H2. The molecule has 1 nitrogen and oxygen atoms in total. The van der Waals surface area contributed by atoms with Crippen molar-refractivity contribution in [2.75, 3.05) is 5.32 Å². The minimum atomic E-state index is -0.455. The monoisotopic (exact) mass is 287 g/mol. The molecule has 0 amide bonds. The van der Waals surface area contributed by atoms with Gasteiger partial charge in [-0.15, -0.1) is 0 Å². The van der Waals surface area contributed by atoms with Crippen LogP contribution in [0.15, 0.2) is 28.8 Å². The lowest BCUT2D eigenvalue weighted by molar-refractivity contribution is 0.592. The van der Waals surface area contributed by atoms with Gasteiger partial charge in [0.2, 0.25) is 0 Å². The Morgan fingerprint density at radius 2 is 2.06 bits per heavy atom. The molecule has 4 heteroatoms. The van der Waals surface area contributed by atoms with E-state index < -0.39 is 11.6 Å². The van der Waals surface area contributed by atoms with Crippen molar-refractivity contribution in [3.8, 4) is 0 Å². The molecule has 1 aromatic carbocycles. The highest BCUT2D eigenvalue weighted by atomic mass is 79.9. The Bertz CT molecular complexity index is 418. The van der Waals surface area contributed by atoms with Crippen LogP contribution in [0.25, 0.3) is 0 Å². The van der Waals surface area contributed by atoms with E-state index in [0.29, 0.717) is 0 Å². The van der Waals surface area contributed by atoms with Gasteiger partial charge >= 0.3 is 0 Å². The summed E-state index contributed by atoms with van der Waals surface area (Å²) in [6.45, 7) is 0. The van der Waals surface area contributed by atoms with E-state index in [0.717, 1.165) is 25.3 Å². The molecule has 0 aliphatic heterocycles. The van der Waals surface area contributed by atoms with Crippen LogP contribution in [0.1, 0.15) is 19.3 Å². The van der Waals surface area contributed by atoms with Crippen molar-refractivity contribution in [3.63, 3.8) is 0 Å². The van der Waals surface area contributed by atoms with Gasteiger partial charge in [0, 0.05) is 12.1 Å². The number of rotatable bonds is 2. The summed E-state index contributed by atoms with van der Waals surface area (Å²) in [5.74, 6) is -0.893. The van der Waals surface area contributed by atoms with Crippen molar-refractivity contribution in [1.82, 2.24) is 0 Å². The zero-order chi connectivity index (χ0) is 11.5. The quantitative estimate of drug-likeness (QED) is 0.633. The second-order valence-electron chi connectivity index (χ2n) is 3.86. The van der Waals surface area contributed by atoms with Crippen LogP contribution < -0.4 is 5.32 Å². The van der Waals surface area contributed by atoms with E-state index in [1.165, 1.54) is 6.07 Å². The van der Waals surface area contributed by atoms with Crippen LogP contribution in [-0.2, 0) is 0 Å². The summed E-state index contributed by atoms with van der Waals surface area (Å²) in [6, 6.07) is 2.43. The summed E-state index contributed by atoms with van der Waals surface area (Å²) in [6.07, 6.45) is 7.16. The summed E-state index contributed by atoms with van der Waals surface area (Å²) in [7, 11) is 0. The topological polar surface area (TPSA) is 12.0 Å². The Morgan fingerprint density at radius 3 is 2.75 bits per heavy atom. The SMILES string of the molecule is Fc1cc(NC2C=CCCC2)c(F)cc1Br. The number of halogens is 3. The van der Waals surface area contributed by atoms with Gasteiger partial charge in [0.25, 0.3) is 0 Å². The third kappa shape index (κ3) is 2.61. The van der Waals surface area contributed by atoms with Gasteiger partial charge in [0.1, 0.15) is 11.6 Å². The second-order valence-corrected chi connectivity index (χ2v) is 4.71. The molecule has 2 rings (SSSR count). The first-order valence-corrected chi connectivity index (χ1v) is 6.04. The van der Waals surface area contributed by atoms with Gasteiger partial charge in [-0.05, 0) is 41.3 Å². The molecule has 1 unspecified atom stereocenters. The van der Waals surface area contributed by atoms with Gasteiger partial charge in [0.15, 0.2) is 0 Å². The fraction of sp³-hybridized carbons (Fsp3) is 0.333. The van der Waals surface area contributed by atoms with Gasteiger partial charge in [-0.3, -0.25) is 0 Å². The Labute approximate surface area is 102 Å². The Kier molecular flexibility index (Phi) is 3.59. The smallest absolute Gasteiger partial charge is 0.147 e. The van der Waals surface area contributed by atoms with Crippen LogP contribution in [0.2, 0.25) is 0 Å². The molecule has 0 aromatic heterocycles. The number of hydrogen-bond acceptors (Lipinski definition) is 1. The van der Waals surface area contributed by atoms with E-state index in [-0.39, 0.29) is 16.2 Å². The van der Waals surface area contributed by atoms with Crippen LogP contribution in [0.4, 0.5) is 14.5 Å². The normalized spacial score (nSPS) is 19.8. The average molecular weight is 288 g/mol. The van der Waals surface area contributed by atoms with Gasteiger partial charge in [-0.25, -0.2) is 8.78 Å². The molecule has 1 aromatic rings. The van der Waals surface area contributed by atoms with E-state index in [4.69, 9.17) is 0 Å². The minimum absolute atomic E-state index is 0.101. The third-order valence-corrected chi connectivity index (χ3v) is 3.21. The van der Waals surface area contributed by atoms with Crippen LogP contribution in [0.5, 0.6) is 0 Å². The van der Waals surface area contributed by atoms with Crippen molar-refractivity contribution in [2.24, 2.45) is 0 Å². The first-order valence-electron chi connectivity index (χ1n) is 5.24. The molecule has 86 valence electrons. The minimum Gasteiger partial charge on any atom is -0.376 e. The van der Waals surface area contributed by atoms with Crippen molar-refractivity contribution in [3.05, 3.63) is 40.4 Å². The van der Waals surface area contributed by atoms with Crippen LogP contribution in [0.3, 0.4) is 0 Å². The first-order chi connectivity index (χ1) is 7.66. The van der Waals surface area contributed by atoms with E-state index in [1.54, 1.807) is 0 Å². The fourth-order valence-corrected chi connectivity index (χ4v) is 2.08. The first kappa shape index (κ1) is 11.6. The number of benzene rings is 1. The maximum atomic E-state index is 13.5. The van der Waals surface area contributed by atoms with E-state index in [1.807, 2.05) is 6.08 Å². The summed E-state index contributed by atoms with van der Waals surface area (Å²) in [4.78, 5) is 0. The molecule has 0 saturated carbocycles. The number of nitrogens with one attached hydrogen (secondary N) is 1. The van der Waals surface area contributed by atoms with Gasteiger partial charge < -0.3 is 5.32 Å². The predicted molar refractivity (Wildman–Crippen MR) is 64.5 cm³/mol. The molecule has 0 heterocycles. The lowest BCUT2D eigenvalue weighted by atomic mass is 10.0. The molecule has 0 bridgehead atoms. The summed E-state index contributed by atoms with van der Waals surface area (Å²) >= 11 is 2.95. The molecule has 16 heavy (non-hydrogen) atoms. The summed E-state index contributed by atoms with van der Waals surface area (Å²) < 4.78 is 26.9. The van der Waals surface area contributed by atoms with Crippen LogP contribution in [0, 0.1) is 11.6 Å². The molecule has 1 aliphatic rings. The zero-order valence-electron chi connectivity index (χ0n) is 8.64. The fourth-order valence-electron chi connectivity index (χ4n) is 1.77. The predicted octanol–water partition coefficient (Wildman–Crippen LogP) is 4.25. The molecular formula is C12H12BrF2N. The molecule has 0 spiro atoms. The lowest BCUT2D eigenvalue weighted by Crippen LogP contribution is -2.19. The van der Waals surface area contributed by atoms with E-state index in [9.17, 15) is 8.78 Å². The van der Waals surface area contributed by atoms with E-state index >= 15 is 0 Å². The highest BCUT2D eigenvalue weighted by Gasteiger charge is 2.12. The highest BCUT2D eigenvalue weighted by molar-refractivity contribution is 9.10. The van der Waals surface area contributed by atoms with Crippen LogP contribution >= 0.6 is 15.9 Å². The third-order valence-electron chi connectivity index (χ3n) is 2.61. The van der Waals surface area contributed by atoms with Crippen molar-refractivity contribution in [1.29, 1.82) is 0 Å². The van der Waals surface area contributed by atoms with Gasteiger partial charge in [-0.2, -0.15) is 0 Å². The molecule has 1 atom stereocenters. The molecular weight excluding hydrogens is 276 g/mol. The maximum Gasteiger partial charge on any atom is 0.147 e. The maximum absolute atomic E-state index is 13.5.